The highest BCUT2D eigenvalue weighted by atomic mass is 16.5. The maximum absolute atomic E-state index is 5.85. The second-order valence-electron chi connectivity index (χ2n) is 4.34. The van der Waals surface area contributed by atoms with Gasteiger partial charge in [0.2, 0.25) is 0 Å². The van der Waals surface area contributed by atoms with E-state index in [0.717, 1.165) is 39.1 Å². The Hall–Kier alpha value is -0.160. The molecule has 0 bridgehead atoms. The molecular weight excluding hydrogens is 206 g/mol. The van der Waals surface area contributed by atoms with Crippen LogP contribution in [0.15, 0.2) is 0 Å². The molecule has 1 aliphatic heterocycles. The number of rotatable bonds is 8. The molecule has 0 aromatic heterocycles. The first-order chi connectivity index (χ1) is 7.84. The van der Waals surface area contributed by atoms with Crippen molar-refractivity contribution in [3.63, 3.8) is 0 Å². The highest BCUT2D eigenvalue weighted by Crippen LogP contribution is 2.14. The minimum atomic E-state index is 0.431. The van der Waals surface area contributed by atoms with Gasteiger partial charge in [0.15, 0.2) is 0 Å². The summed E-state index contributed by atoms with van der Waals surface area (Å²) in [4.78, 5) is 0. The Bertz CT molecular complexity index is 166. The molecule has 0 amide bonds. The van der Waals surface area contributed by atoms with E-state index < -0.39 is 0 Å². The van der Waals surface area contributed by atoms with Gasteiger partial charge in [-0.25, -0.2) is 0 Å². The third kappa shape index (κ3) is 5.80. The Labute approximate surface area is 98.6 Å². The zero-order valence-corrected chi connectivity index (χ0v) is 10.5. The van der Waals surface area contributed by atoms with E-state index in [1.165, 1.54) is 0 Å². The monoisotopic (exact) mass is 231 g/mol. The predicted molar refractivity (Wildman–Crippen MR) is 63.7 cm³/mol. The number of hydrogen-bond donors (Lipinski definition) is 1. The predicted octanol–water partition coefficient (Wildman–Crippen LogP) is 1.05. The number of ether oxygens (including phenoxy) is 3. The minimum Gasteiger partial charge on any atom is -0.382 e. The van der Waals surface area contributed by atoms with Gasteiger partial charge in [0.25, 0.3) is 0 Å². The van der Waals surface area contributed by atoms with Gasteiger partial charge in [-0.3, -0.25) is 0 Å². The van der Waals surface area contributed by atoms with Crippen LogP contribution in [-0.4, -0.2) is 52.7 Å². The van der Waals surface area contributed by atoms with Gasteiger partial charge in [-0.1, -0.05) is 6.92 Å². The van der Waals surface area contributed by atoms with Crippen molar-refractivity contribution in [3.8, 4) is 0 Å². The Balaban J connectivity index is 1.90. The van der Waals surface area contributed by atoms with Crippen molar-refractivity contribution in [1.82, 2.24) is 5.32 Å². The van der Waals surface area contributed by atoms with Gasteiger partial charge in [0.05, 0.1) is 19.3 Å². The molecule has 1 heterocycles. The average Bonchev–Trinajstić information content (AvgIpc) is 2.30. The van der Waals surface area contributed by atoms with Crippen LogP contribution in [0, 0.1) is 5.92 Å². The van der Waals surface area contributed by atoms with Crippen LogP contribution in [-0.2, 0) is 14.2 Å². The smallest absolute Gasteiger partial charge is 0.0700 e. The summed E-state index contributed by atoms with van der Waals surface area (Å²) in [7, 11) is 1.69. The molecule has 1 N–H and O–H groups in total. The molecule has 1 rings (SSSR count). The number of methoxy groups -OCH3 is 1. The van der Waals surface area contributed by atoms with Crippen LogP contribution in [0.5, 0.6) is 0 Å². The van der Waals surface area contributed by atoms with Gasteiger partial charge in [-0.15, -0.1) is 0 Å². The fourth-order valence-electron chi connectivity index (χ4n) is 1.88. The molecule has 0 spiro atoms. The highest BCUT2D eigenvalue weighted by Gasteiger charge is 2.20. The lowest BCUT2D eigenvalue weighted by Crippen LogP contribution is -2.40. The molecule has 96 valence electrons. The summed E-state index contributed by atoms with van der Waals surface area (Å²) in [6.07, 6.45) is 2.53. The molecular formula is C12H25NO3. The van der Waals surface area contributed by atoms with Crippen molar-refractivity contribution >= 4 is 0 Å². The minimum absolute atomic E-state index is 0.431. The Morgan fingerprint density at radius 2 is 2.06 bits per heavy atom. The Kier molecular flexibility index (Phi) is 7.76. The second-order valence-corrected chi connectivity index (χ2v) is 4.34. The highest BCUT2D eigenvalue weighted by molar-refractivity contribution is 4.75. The fourth-order valence-corrected chi connectivity index (χ4v) is 1.88. The van der Waals surface area contributed by atoms with Crippen LogP contribution in [0.3, 0.4) is 0 Å². The summed E-state index contributed by atoms with van der Waals surface area (Å²) in [6.45, 7) is 7.33. The van der Waals surface area contributed by atoms with Crippen molar-refractivity contribution in [2.75, 3.05) is 46.6 Å². The van der Waals surface area contributed by atoms with Crippen molar-refractivity contribution in [3.05, 3.63) is 0 Å². The summed E-state index contributed by atoms with van der Waals surface area (Å²) in [5.41, 5.74) is 0. The molecule has 0 aromatic carbocycles. The lowest BCUT2D eigenvalue weighted by molar-refractivity contribution is -0.0122. The molecule has 2 atom stereocenters. The van der Waals surface area contributed by atoms with E-state index in [2.05, 4.69) is 12.2 Å². The van der Waals surface area contributed by atoms with E-state index in [4.69, 9.17) is 14.2 Å². The molecule has 4 nitrogen and oxygen atoms in total. The normalized spacial score (nSPS) is 25.9. The van der Waals surface area contributed by atoms with Gasteiger partial charge >= 0.3 is 0 Å². The number of piperidine rings is 1. The van der Waals surface area contributed by atoms with Gasteiger partial charge in [0, 0.05) is 26.9 Å². The molecule has 2 unspecified atom stereocenters. The third-order valence-corrected chi connectivity index (χ3v) is 2.90. The first-order valence-electron chi connectivity index (χ1n) is 6.23. The Morgan fingerprint density at radius 3 is 2.81 bits per heavy atom. The van der Waals surface area contributed by atoms with Crippen molar-refractivity contribution in [2.24, 2.45) is 5.92 Å². The summed E-state index contributed by atoms with van der Waals surface area (Å²) < 4.78 is 16.1. The lowest BCUT2D eigenvalue weighted by atomic mass is 9.98. The van der Waals surface area contributed by atoms with E-state index in [0.29, 0.717) is 25.2 Å². The molecule has 0 saturated carbocycles. The van der Waals surface area contributed by atoms with Gasteiger partial charge < -0.3 is 19.5 Å². The lowest BCUT2D eigenvalue weighted by Gasteiger charge is -2.29. The second kappa shape index (κ2) is 8.93. The molecule has 0 aliphatic carbocycles. The first-order valence-corrected chi connectivity index (χ1v) is 6.23. The fraction of sp³-hybridized carbons (Fsp3) is 1.00. The quantitative estimate of drug-likeness (QED) is 0.634. The van der Waals surface area contributed by atoms with E-state index in [-0.39, 0.29) is 0 Å². The zero-order chi connectivity index (χ0) is 11.6. The van der Waals surface area contributed by atoms with E-state index in [9.17, 15) is 0 Å². The summed E-state index contributed by atoms with van der Waals surface area (Å²) in [5.74, 6) is 0.628. The van der Waals surface area contributed by atoms with Crippen LogP contribution >= 0.6 is 0 Å². The third-order valence-electron chi connectivity index (χ3n) is 2.90. The van der Waals surface area contributed by atoms with E-state index >= 15 is 0 Å². The van der Waals surface area contributed by atoms with Gasteiger partial charge in [0.1, 0.15) is 0 Å². The average molecular weight is 231 g/mol. The van der Waals surface area contributed by atoms with Gasteiger partial charge in [-0.05, 0) is 25.3 Å². The summed E-state index contributed by atoms with van der Waals surface area (Å²) in [5, 5.41) is 3.37. The standard InChI is InChI=1S/C12H25NO3/c1-11-10-13-5-4-12(11)16-7-3-6-15-9-8-14-2/h11-13H,3-10H2,1-2H3. The van der Waals surface area contributed by atoms with Gasteiger partial charge in [-0.2, -0.15) is 0 Å². The summed E-state index contributed by atoms with van der Waals surface area (Å²) in [6, 6.07) is 0. The molecule has 1 fully saturated rings. The topological polar surface area (TPSA) is 39.7 Å². The van der Waals surface area contributed by atoms with Crippen molar-refractivity contribution in [1.29, 1.82) is 0 Å². The van der Waals surface area contributed by atoms with Crippen LogP contribution in [0.25, 0.3) is 0 Å². The van der Waals surface area contributed by atoms with E-state index in [1.54, 1.807) is 7.11 Å². The van der Waals surface area contributed by atoms with Crippen LogP contribution in [0.1, 0.15) is 19.8 Å². The maximum atomic E-state index is 5.85. The number of nitrogens with one attached hydrogen (secondary N) is 1. The molecule has 1 saturated heterocycles. The SMILES string of the molecule is COCCOCCCOC1CCNCC1C. The van der Waals surface area contributed by atoms with E-state index in [1.807, 2.05) is 0 Å². The maximum Gasteiger partial charge on any atom is 0.0700 e. The molecule has 1 aliphatic rings. The van der Waals surface area contributed by atoms with Crippen molar-refractivity contribution < 1.29 is 14.2 Å². The van der Waals surface area contributed by atoms with Crippen LogP contribution in [0.4, 0.5) is 0 Å². The Morgan fingerprint density at radius 1 is 1.19 bits per heavy atom. The molecule has 4 heteroatoms. The summed E-state index contributed by atoms with van der Waals surface area (Å²) >= 11 is 0. The van der Waals surface area contributed by atoms with Crippen molar-refractivity contribution in [2.45, 2.75) is 25.9 Å². The zero-order valence-electron chi connectivity index (χ0n) is 10.5. The molecule has 0 aromatic rings. The number of hydrogen-bond acceptors (Lipinski definition) is 4. The first kappa shape index (κ1) is 13.9. The molecule has 16 heavy (non-hydrogen) atoms. The molecule has 0 radical (unpaired) electrons. The van der Waals surface area contributed by atoms with Crippen LogP contribution < -0.4 is 5.32 Å². The largest absolute Gasteiger partial charge is 0.382 e. The van der Waals surface area contributed by atoms with Crippen LogP contribution in [0.2, 0.25) is 0 Å².